The van der Waals surface area contributed by atoms with E-state index in [2.05, 4.69) is 36.4 Å². The first-order chi connectivity index (χ1) is 11.7. The number of imidazole rings is 1. The van der Waals surface area contributed by atoms with Crippen molar-refractivity contribution in [1.82, 2.24) is 20.2 Å². The Morgan fingerprint density at radius 1 is 1.36 bits per heavy atom. The third kappa shape index (κ3) is 3.38. The number of rotatable bonds is 2. The van der Waals surface area contributed by atoms with Crippen LogP contribution in [0.2, 0.25) is 0 Å². The quantitative estimate of drug-likeness (QED) is 0.879. The molecule has 0 saturated carbocycles. The van der Waals surface area contributed by atoms with Crippen LogP contribution in [-0.2, 0) is 11.8 Å². The summed E-state index contributed by atoms with van der Waals surface area (Å²) in [5, 5.41) is 6.16. The first-order valence-electron chi connectivity index (χ1n) is 8.70. The van der Waals surface area contributed by atoms with Crippen molar-refractivity contribution in [3.8, 4) is 0 Å². The number of piperidine rings is 1. The van der Waals surface area contributed by atoms with Gasteiger partial charge in [-0.05, 0) is 37.0 Å². The monoisotopic (exact) mass is 342 g/mol. The summed E-state index contributed by atoms with van der Waals surface area (Å²) in [6, 6.07) is 5.39. The number of amides is 2. The lowest BCUT2D eigenvalue weighted by atomic mass is 9.78. The van der Waals surface area contributed by atoms with Gasteiger partial charge in [0.05, 0.1) is 23.1 Å². The van der Waals surface area contributed by atoms with Gasteiger partial charge < -0.3 is 15.2 Å². The van der Waals surface area contributed by atoms with E-state index in [9.17, 15) is 9.59 Å². The predicted molar refractivity (Wildman–Crippen MR) is 97.3 cm³/mol. The van der Waals surface area contributed by atoms with Crippen LogP contribution in [0.1, 0.15) is 49.8 Å². The molecular weight excluding hydrogens is 316 g/mol. The van der Waals surface area contributed by atoms with Crippen molar-refractivity contribution >= 4 is 22.8 Å². The Labute approximate surface area is 148 Å². The molecule has 0 unspecified atom stereocenters. The molecule has 3 rings (SSSR count). The summed E-state index contributed by atoms with van der Waals surface area (Å²) in [5.41, 5.74) is 2.31. The lowest BCUT2D eigenvalue weighted by molar-refractivity contribution is -0.125. The number of fused-ring (bicyclic) bond motifs is 1. The zero-order valence-corrected chi connectivity index (χ0v) is 15.5. The maximum Gasteiger partial charge on any atom is 0.251 e. The van der Waals surface area contributed by atoms with Crippen LogP contribution in [0.25, 0.3) is 11.0 Å². The van der Waals surface area contributed by atoms with Crippen LogP contribution in [0.5, 0.6) is 0 Å². The molecule has 2 aromatic rings. The number of nitrogens with zero attached hydrogens (tertiary/aromatic N) is 2. The summed E-state index contributed by atoms with van der Waals surface area (Å²) >= 11 is 0. The molecular formula is C19H26N4O2. The Morgan fingerprint density at radius 3 is 2.76 bits per heavy atom. The summed E-state index contributed by atoms with van der Waals surface area (Å²) in [6.07, 6.45) is 1.10. The number of nitrogens with one attached hydrogen (secondary N) is 2. The Morgan fingerprint density at radius 2 is 2.08 bits per heavy atom. The molecule has 0 aliphatic carbocycles. The van der Waals surface area contributed by atoms with Crippen molar-refractivity contribution in [2.45, 2.75) is 52.6 Å². The van der Waals surface area contributed by atoms with E-state index < -0.39 is 0 Å². The standard InChI is InChI=1S/C19H26N4O2/c1-11-20-13-7-6-12(10-15(13)23(11)5)18(25)21-14-8-9-16(24)22-17(14)19(2,3)4/h6-7,10,14,17H,8-9H2,1-5H3,(H,21,25)(H,22,24)/t14-,17-/m1/s1. The first-order valence-corrected chi connectivity index (χ1v) is 8.70. The van der Waals surface area contributed by atoms with E-state index in [0.29, 0.717) is 18.4 Å². The molecule has 25 heavy (non-hydrogen) atoms. The Bertz CT molecular complexity index is 832. The molecule has 1 aliphatic rings. The van der Waals surface area contributed by atoms with Crippen LogP contribution in [0, 0.1) is 12.3 Å². The van der Waals surface area contributed by atoms with Crippen molar-refractivity contribution in [3.63, 3.8) is 0 Å². The molecule has 0 radical (unpaired) electrons. The molecule has 1 aliphatic heterocycles. The van der Waals surface area contributed by atoms with E-state index >= 15 is 0 Å². The molecule has 2 atom stereocenters. The van der Waals surface area contributed by atoms with Gasteiger partial charge in [0.2, 0.25) is 5.91 Å². The summed E-state index contributed by atoms with van der Waals surface area (Å²) in [5.74, 6) is 0.851. The normalized spacial score (nSPS) is 21.2. The molecule has 2 amide bonds. The second-order valence-corrected chi connectivity index (χ2v) is 7.95. The van der Waals surface area contributed by atoms with E-state index in [1.165, 1.54) is 0 Å². The number of aromatic nitrogens is 2. The highest BCUT2D eigenvalue weighted by atomic mass is 16.2. The van der Waals surface area contributed by atoms with Crippen molar-refractivity contribution in [1.29, 1.82) is 0 Å². The fourth-order valence-corrected chi connectivity index (χ4v) is 3.48. The van der Waals surface area contributed by atoms with Crippen LogP contribution >= 0.6 is 0 Å². The third-order valence-electron chi connectivity index (χ3n) is 5.02. The average molecular weight is 342 g/mol. The van der Waals surface area contributed by atoms with Crippen LogP contribution < -0.4 is 10.6 Å². The molecule has 2 heterocycles. The predicted octanol–water partition coefficient (Wildman–Crippen LogP) is 2.30. The Hall–Kier alpha value is -2.37. The van der Waals surface area contributed by atoms with Gasteiger partial charge in [0.25, 0.3) is 5.91 Å². The van der Waals surface area contributed by atoms with Crippen LogP contribution in [0.4, 0.5) is 0 Å². The van der Waals surface area contributed by atoms with E-state index in [1.54, 1.807) is 6.07 Å². The molecule has 0 spiro atoms. The number of hydrogen-bond donors (Lipinski definition) is 2. The van der Waals surface area contributed by atoms with Crippen molar-refractivity contribution < 1.29 is 9.59 Å². The highest BCUT2D eigenvalue weighted by Gasteiger charge is 2.37. The van der Waals surface area contributed by atoms with E-state index in [-0.39, 0.29) is 29.3 Å². The smallest absolute Gasteiger partial charge is 0.251 e. The lowest BCUT2D eigenvalue weighted by Crippen LogP contribution is -2.60. The van der Waals surface area contributed by atoms with Crippen molar-refractivity contribution in [2.75, 3.05) is 0 Å². The molecule has 1 fully saturated rings. The van der Waals surface area contributed by atoms with Gasteiger partial charge in [0.15, 0.2) is 0 Å². The molecule has 0 bridgehead atoms. The van der Waals surface area contributed by atoms with Crippen LogP contribution in [-0.4, -0.2) is 33.4 Å². The highest BCUT2D eigenvalue weighted by molar-refractivity contribution is 5.97. The molecule has 6 heteroatoms. The second-order valence-electron chi connectivity index (χ2n) is 7.95. The SMILES string of the molecule is Cc1nc2ccc(C(=O)N[C@@H]3CCC(=O)N[C@H]3C(C)(C)C)cc2n1C. The number of carbonyl (C=O) groups excluding carboxylic acids is 2. The van der Waals surface area contributed by atoms with Gasteiger partial charge in [-0.2, -0.15) is 0 Å². The number of carbonyl (C=O) groups is 2. The van der Waals surface area contributed by atoms with E-state index in [0.717, 1.165) is 16.9 Å². The van der Waals surface area contributed by atoms with Crippen LogP contribution in [0.15, 0.2) is 18.2 Å². The van der Waals surface area contributed by atoms with Crippen LogP contribution in [0.3, 0.4) is 0 Å². The first kappa shape index (κ1) is 17.5. The molecule has 1 aromatic heterocycles. The summed E-state index contributed by atoms with van der Waals surface area (Å²) in [4.78, 5) is 29.0. The van der Waals surface area contributed by atoms with Gasteiger partial charge in [-0.3, -0.25) is 9.59 Å². The largest absolute Gasteiger partial charge is 0.351 e. The maximum atomic E-state index is 12.8. The Kier molecular flexibility index (Phi) is 4.31. The van der Waals surface area contributed by atoms with Gasteiger partial charge in [-0.15, -0.1) is 0 Å². The highest BCUT2D eigenvalue weighted by Crippen LogP contribution is 2.27. The topological polar surface area (TPSA) is 76.0 Å². The summed E-state index contributed by atoms with van der Waals surface area (Å²) < 4.78 is 1.98. The number of hydrogen-bond acceptors (Lipinski definition) is 3. The molecule has 1 aromatic carbocycles. The molecule has 2 N–H and O–H groups in total. The minimum Gasteiger partial charge on any atom is -0.351 e. The second kappa shape index (κ2) is 6.17. The van der Waals surface area contributed by atoms with Gasteiger partial charge in [-0.1, -0.05) is 20.8 Å². The van der Waals surface area contributed by atoms with Crippen molar-refractivity contribution in [3.05, 3.63) is 29.6 Å². The van der Waals surface area contributed by atoms with Gasteiger partial charge >= 0.3 is 0 Å². The third-order valence-corrected chi connectivity index (χ3v) is 5.02. The molecule has 6 nitrogen and oxygen atoms in total. The number of aryl methyl sites for hydroxylation is 2. The van der Waals surface area contributed by atoms with Gasteiger partial charge in [0.1, 0.15) is 5.82 Å². The zero-order chi connectivity index (χ0) is 18.4. The average Bonchev–Trinajstić information content (AvgIpc) is 2.82. The zero-order valence-electron chi connectivity index (χ0n) is 15.5. The maximum absolute atomic E-state index is 12.8. The number of benzene rings is 1. The Balaban J connectivity index is 1.83. The van der Waals surface area contributed by atoms with E-state index in [4.69, 9.17) is 0 Å². The molecule has 1 saturated heterocycles. The van der Waals surface area contributed by atoms with Gasteiger partial charge in [-0.25, -0.2) is 4.98 Å². The summed E-state index contributed by atoms with van der Waals surface area (Å²) in [6.45, 7) is 8.17. The molecule has 134 valence electrons. The minimum atomic E-state index is -0.128. The summed E-state index contributed by atoms with van der Waals surface area (Å²) in [7, 11) is 1.94. The fourth-order valence-electron chi connectivity index (χ4n) is 3.48. The van der Waals surface area contributed by atoms with Crippen molar-refractivity contribution in [2.24, 2.45) is 12.5 Å². The van der Waals surface area contributed by atoms with E-state index in [1.807, 2.05) is 30.7 Å². The fraction of sp³-hybridized carbons (Fsp3) is 0.526. The minimum absolute atomic E-state index is 0.0530. The van der Waals surface area contributed by atoms with Gasteiger partial charge in [0, 0.05) is 19.0 Å². The lowest BCUT2D eigenvalue weighted by Gasteiger charge is -2.41.